The van der Waals surface area contributed by atoms with Gasteiger partial charge in [-0.2, -0.15) is 4.72 Å². The van der Waals surface area contributed by atoms with Crippen molar-refractivity contribution in [2.24, 2.45) is 5.92 Å². The maximum absolute atomic E-state index is 13.1. The number of amides is 2. The summed E-state index contributed by atoms with van der Waals surface area (Å²) in [4.78, 5) is 26.4. The molecule has 1 aliphatic heterocycles. The minimum atomic E-state index is -3.93. The zero-order chi connectivity index (χ0) is 22.9. The van der Waals surface area contributed by atoms with E-state index >= 15 is 0 Å². The second-order valence-electron chi connectivity index (χ2n) is 8.42. The second kappa shape index (κ2) is 8.80. The Morgan fingerprint density at radius 2 is 1.68 bits per heavy atom. The minimum absolute atomic E-state index is 0.0737. The molecule has 1 heterocycles. The number of anilines is 2. The number of hydrogen-bond donors (Lipinski definition) is 2. The summed E-state index contributed by atoms with van der Waals surface area (Å²) in [5, 5.41) is 2.83. The summed E-state index contributed by atoms with van der Waals surface area (Å²) in [7, 11) is -3.93. The first-order valence-electron chi connectivity index (χ1n) is 10.3. The monoisotopic (exact) mass is 443 g/mol. The van der Waals surface area contributed by atoms with Gasteiger partial charge in [0.1, 0.15) is 6.04 Å². The van der Waals surface area contributed by atoms with Crippen LogP contribution < -0.4 is 14.9 Å². The van der Waals surface area contributed by atoms with Gasteiger partial charge >= 0.3 is 0 Å². The number of benzene rings is 2. The van der Waals surface area contributed by atoms with Gasteiger partial charge in [0.2, 0.25) is 21.8 Å². The number of carbonyl (C=O) groups is 2. The smallest absolute Gasteiger partial charge is 0.242 e. The summed E-state index contributed by atoms with van der Waals surface area (Å²) < 4.78 is 28.7. The second-order valence-corrected chi connectivity index (χ2v) is 10.1. The first-order chi connectivity index (χ1) is 14.5. The number of nitrogens with zero attached hydrogens (tertiary/aromatic N) is 1. The van der Waals surface area contributed by atoms with Crippen LogP contribution in [0.4, 0.5) is 11.4 Å². The Balaban J connectivity index is 1.82. The first kappa shape index (κ1) is 23.0. The number of fused-ring (bicyclic) bond motifs is 1. The van der Waals surface area contributed by atoms with Crippen LogP contribution in [0.3, 0.4) is 0 Å². The van der Waals surface area contributed by atoms with Crippen molar-refractivity contribution < 1.29 is 18.0 Å². The molecular weight excluding hydrogens is 414 g/mol. The maximum atomic E-state index is 13.1. The van der Waals surface area contributed by atoms with Gasteiger partial charge < -0.3 is 10.2 Å². The van der Waals surface area contributed by atoms with Crippen molar-refractivity contribution in [2.75, 3.05) is 16.8 Å². The van der Waals surface area contributed by atoms with Crippen LogP contribution in [-0.2, 0) is 26.0 Å². The van der Waals surface area contributed by atoms with Crippen LogP contribution in [0.5, 0.6) is 0 Å². The summed E-state index contributed by atoms with van der Waals surface area (Å²) in [5.41, 5.74) is 4.19. The molecule has 8 heteroatoms. The van der Waals surface area contributed by atoms with E-state index in [1.165, 1.54) is 13.0 Å². The van der Waals surface area contributed by atoms with Crippen LogP contribution in [0, 0.1) is 19.8 Å². The highest BCUT2D eigenvalue weighted by molar-refractivity contribution is 7.89. The molecule has 1 atom stereocenters. The number of hydrogen-bond acceptors (Lipinski definition) is 4. The Kier molecular flexibility index (Phi) is 6.52. The molecule has 0 saturated heterocycles. The van der Waals surface area contributed by atoms with Crippen molar-refractivity contribution in [3.8, 4) is 0 Å². The zero-order valence-corrected chi connectivity index (χ0v) is 19.3. The third-order valence-electron chi connectivity index (χ3n) is 5.36. The van der Waals surface area contributed by atoms with Crippen molar-refractivity contribution in [1.29, 1.82) is 0 Å². The van der Waals surface area contributed by atoms with E-state index in [1.807, 2.05) is 32.0 Å². The highest BCUT2D eigenvalue weighted by atomic mass is 32.2. The minimum Gasteiger partial charge on any atom is -0.325 e. The van der Waals surface area contributed by atoms with Crippen molar-refractivity contribution >= 4 is 33.2 Å². The van der Waals surface area contributed by atoms with Crippen molar-refractivity contribution in [3.05, 3.63) is 53.1 Å². The third kappa shape index (κ3) is 5.14. The summed E-state index contributed by atoms with van der Waals surface area (Å²) >= 11 is 0. The fraction of sp³-hybridized carbons (Fsp3) is 0.391. The topological polar surface area (TPSA) is 95.6 Å². The van der Waals surface area contributed by atoms with Gasteiger partial charge in [0, 0.05) is 24.8 Å². The molecule has 166 valence electrons. The van der Waals surface area contributed by atoms with Crippen LogP contribution in [0.15, 0.2) is 41.3 Å². The third-order valence-corrected chi connectivity index (χ3v) is 6.80. The average molecular weight is 444 g/mol. The number of aryl methyl sites for hydroxylation is 2. The van der Waals surface area contributed by atoms with E-state index in [0.29, 0.717) is 18.7 Å². The lowest BCUT2D eigenvalue weighted by Gasteiger charge is -2.22. The number of carbonyl (C=O) groups excluding carboxylic acids is 2. The van der Waals surface area contributed by atoms with Crippen LogP contribution in [-0.4, -0.2) is 32.8 Å². The molecule has 1 unspecified atom stereocenters. The van der Waals surface area contributed by atoms with E-state index in [-0.39, 0.29) is 16.7 Å². The Morgan fingerprint density at radius 1 is 1.03 bits per heavy atom. The number of nitrogens with one attached hydrogen (secondary N) is 2. The molecule has 0 bridgehead atoms. The van der Waals surface area contributed by atoms with Gasteiger partial charge in [-0.3, -0.25) is 9.59 Å². The van der Waals surface area contributed by atoms with Gasteiger partial charge in [-0.15, -0.1) is 0 Å². The highest BCUT2D eigenvalue weighted by Crippen LogP contribution is 2.30. The molecule has 31 heavy (non-hydrogen) atoms. The summed E-state index contributed by atoms with van der Waals surface area (Å²) in [6.45, 7) is 9.49. The largest absolute Gasteiger partial charge is 0.325 e. The highest BCUT2D eigenvalue weighted by Gasteiger charge is 2.30. The summed E-state index contributed by atoms with van der Waals surface area (Å²) in [6, 6.07) is 9.46. The van der Waals surface area contributed by atoms with Gasteiger partial charge in [0.05, 0.1) is 4.90 Å². The van der Waals surface area contributed by atoms with Crippen LogP contribution in [0.2, 0.25) is 0 Å². The Bertz CT molecular complexity index is 1110. The van der Waals surface area contributed by atoms with Crippen molar-refractivity contribution in [1.82, 2.24) is 4.72 Å². The van der Waals surface area contributed by atoms with E-state index in [1.54, 1.807) is 30.9 Å². The molecule has 0 fully saturated rings. The lowest BCUT2D eigenvalue weighted by molar-refractivity contribution is -0.118. The molecule has 2 amide bonds. The standard InChI is InChI=1S/C23H29N3O4S/c1-14(2)22(23(28)24-19-11-15(3)10-16(4)12-19)25-31(29,30)20-6-7-21-18(13-20)8-9-26(21)17(5)27/h6-7,10-14,22,25H,8-9H2,1-5H3,(H,24,28). The molecule has 0 radical (unpaired) electrons. The fourth-order valence-corrected chi connectivity index (χ4v) is 5.26. The molecule has 0 spiro atoms. The normalized spacial score (nSPS) is 14.5. The molecule has 2 N–H and O–H groups in total. The fourth-order valence-electron chi connectivity index (χ4n) is 3.87. The lowest BCUT2D eigenvalue weighted by atomic mass is 10.0. The quantitative estimate of drug-likeness (QED) is 0.717. The van der Waals surface area contributed by atoms with Gasteiger partial charge in [0.15, 0.2) is 0 Å². The van der Waals surface area contributed by atoms with E-state index in [9.17, 15) is 18.0 Å². The van der Waals surface area contributed by atoms with Crippen molar-refractivity contribution in [3.63, 3.8) is 0 Å². The Morgan fingerprint density at radius 3 is 2.26 bits per heavy atom. The van der Waals surface area contributed by atoms with Crippen molar-refractivity contribution in [2.45, 2.75) is 52.0 Å². The van der Waals surface area contributed by atoms with Gasteiger partial charge in [0.25, 0.3) is 0 Å². The molecule has 0 saturated carbocycles. The lowest BCUT2D eigenvalue weighted by Crippen LogP contribution is -2.47. The number of rotatable bonds is 6. The molecule has 2 aromatic rings. The van der Waals surface area contributed by atoms with Crippen LogP contribution >= 0.6 is 0 Å². The maximum Gasteiger partial charge on any atom is 0.242 e. The van der Waals surface area contributed by atoms with Gasteiger partial charge in [-0.1, -0.05) is 19.9 Å². The molecule has 3 rings (SSSR count). The van der Waals surface area contributed by atoms with Crippen LogP contribution in [0.1, 0.15) is 37.5 Å². The van der Waals surface area contributed by atoms with Crippen LogP contribution in [0.25, 0.3) is 0 Å². The predicted octanol–water partition coefficient (Wildman–Crippen LogP) is 3.15. The molecular formula is C23H29N3O4S. The predicted molar refractivity (Wildman–Crippen MR) is 122 cm³/mol. The zero-order valence-electron chi connectivity index (χ0n) is 18.5. The Hall–Kier alpha value is -2.71. The molecule has 0 aromatic heterocycles. The summed E-state index contributed by atoms with van der Waals surface area (Å²) in [5.74, 6) is -0.744. The molecule has 1 aliphatic rings. The molecule has 2 aromatic carbocycles. The first-order valence-corrected chi connectivity index (χ1v) is 11.8. The van der Waals surface area contributed by atoms with E-state index in [2.05, 4.69) is 10.0 Å². The Labute approximate surface area is 183 Å². The van der Waals surface area contributed by atoms with E-state index in [0.717, 1.165) is 22.4 Å². The number of sulfonamides is 1. The SMILES string of the molecule is CC(=O)N1CCc2cc(S(=O)(=O)NC(C(=O)Nc3cc(C)cc(C)c3)C(C)C)ccc21. The summed E-state index contributed by atoms with van der Waals surface area (Å²) in [6.07, 6.45) is 0.596. The molecule has 7 nitrogen and oxygen atoms in total. The van der Waals surface area contributed by atoms with Gasteiger partial charge in [-0.05, 0) is 73.2 Å². The van der Waals surface area contributed by atoms with E-state index < -0.39 is 22.0 Å². The molecule has 0 aliphatic carbocycles. The average Bonchev–Trinajstić information content (AvgIpc) is 3.08. The van der Waals surface area contributed by atoms with E-state index in [4.69, 9.17) is 0 Å². The van der Waals surface area contributed by atoms with Gasteiger partial charge in [-0.25, -0.2) is 8.42 Å².